The number of hydrogen-bond acceptors (Lipinski definition) is 4. The molecule has 0 saturated heterocycles. The molecule has 2 rings (SSSR count). The molecule has 0 saturated carbocycles. The van der Waals surface area contributed by atoms with E-state index in [-0.39, 0.29) is 5.69 Å². The molecule has 0 atom stereocenters. The molecule has 1 aromatic heterocycles. The van der Waals surface area contributed by atoms with E-state index in [1.165, 1.54) is 13.1 Å². The van der Waals surface area contributed by atoms with E-state index in [2.05, 4.69) is 14.8 Å². The maximum atomic E-state index is 12.5. The van der Waals surface area contributed by atoms with Crippen molar-refractivity contribution in [2.45, 2.75) is 6.18 Å². The summed E-state index contributed by atoms with van der Waals surface area (Å²) in [6.45, 7) is 0. The van der Waals surface area contributed by atoms with Crippen LogP contribution in [0.2, 0.25) is 0 Å². The number of nitrogens with zero attached hydrogens (tertiary/aromatic N) is 2. The standard InChI is InChI=1S/C11H8F3N3O3/c1-17-8(10(19)20-16-17)9(18)15-7-4-2-3-6(5-7)11(12,13)14/h2-5H,1H3,(H-,15,16,18,19). The summed E-state index contributed by atoms with van der Waals surface area (Å²) in [5.74, 6) is -0.998. The van der Waals surface area contributed by atoms with Crippen LogP contribution in [0.15, 0.2) is 38.6 Å². The molecule has 0 spiro atoms. The summed E-state index contributed by atoms with van der Waals surface area (Å²) in [5.41, 5.74) is -2.50. The molecule has 1 heterocycles. The molecule has 106 valence electrons. The molecule has 1 N–H and O–H groups in total. The van der Waals surface area contributed by atoms with Crippen molar-refractivity contribution >= 4 is 11.6 Å². The molecule has 0 radical (unpaired) electrons. The molecule has 0 unspecified atom stereocenters. The predicted molar refractivity (Wildman–Crippen MR) is 58.1 cm³/mol. The summed E-state index contributed by atoms with van der Waals surface area (Å²) < 4.78 is 42.9. The Morgan fingerprint density at radius 2 is 2.15 bits per heavy atom. The van der Waals surface area contributed by atoms with Gasteiger partial charge in [-0.1, -0.05) is 10.7 Å². The first-order valence-corrected chi connectivity index (χ1v) is 5.30. The zero-order chi connectivity index (χ0) is 14.9. The van der Waals surface area contributed by atoms with Crippen molar-refractivity contribution < 1.29 is 27.5 Å². The van der Waals surface area contributed by atoms with E-state index in [0.29, 0.717) is 6.07 Å². The lowest BCUT2D eigenvalue weighted by molar-refractivity contribution is -0.742. The first kappa shape index (κ1) is 13.8. The lowest BCUT2D eigenvalue weighted by atomic mass is 10.2. The molecule has 1 aromatic carbocycles. The van der Waals surface area contributed by atoms with E-state index in [9.17, 15) is 23.1 Å². The Balaban J connectivity index is 2.43. The average molecular weight is 287 g/mol. The Morgan fingerprint density at radius 3 is 2.70 bits per heavy atom. The number of aliphatic imine (C=N–C) groups is 1. The SMILES string of the molecule is C[n+]1[nH]oc(=O)c1C([O-])=Nc1cccc(C(F)(F)F)c1. The second kappa shape index (κ2) is 4.83. The monoisotopic (exact) mass is 287 g/mol. The molecule has 0 aliphatic heterocycles. The van der Waals surface area contributed by atoms with Gasteiger partial charge in [-0.25, -0.2) is 4.79 Å². The van der Waals surface area contributed by atoms with Crippen LogP contribution >= 0.6 is 0 Å². The maximum Gasteiger partial charge on any atom is 0.435 e. The highest BCUT2D eigenvalue weighted by Crippen LogP contribution is 2.31. The van der Waals surface area contributed by atoms with Gasteiger partial charge in [0.05, 0.1) is 17.1 Å². The number of aromatic amines is 1. The molecule has 20 heavy (non-hydrogen) atoms. The van der Waals surface area contributed by atoms with Gasteiger partial charge in [0.15, 0.2) is 7.05 Å². The predicted octanol–water partition coefficient (Wildman–Crippen LogP) is 0.250. The summed E-state index contributed by atoms with van der Waals surface area (Å²) in [7, 11) is 1.33. The summed E-state index contributed by atoms with van der Waals surface area (Å²) in [6.07, 6.45) is -4.54. The van der Waals surface area contributed by atoms with E-state index < -0.39 is 29.0 Å². The Bertz CT molecular complexity index is 715. The fourth-order valence-corrected chi connectivity index (χ4v) is 1.49. The number of aromatic nitrogens is 2. The number of hydrogen-bond donors (Lipinski definition) is 1. The van der Waals surface area contributed by atoms with Crippen molar-refractivity contribution in [3.05, 3.63) is 45.9 Å². The molecule has 0 fully saturated rings. The normalized spacial score (nSPS) is 12.7. The van der Waals surface area contributed by atoms with Gasteiger partial charge in [0.25, 0.3) is 0 Å². The van der Waals surface area contributed by atoms with Gasteiger partial charge in [0.1, 0.15) is 0 Å². The van der Waals surface area contributed by atoms with Crippen LogP contribution in [0.4, 0.5) is 18.9 Å². The second-order valence-corrected chi connectivity index (χ2v) is 3.85. The summed E-state index contributed by atoms with van der Waals surface area (Å²) in [4.78, 5) is 14.7. The molecule has 0 amide bonds. The van der Waals surface area contributed by atoms with Crippen LogP contribution in [-0.4, -0.2) is 11.2 Å². The third-order valence-electron chi connectivity index (χ3n) is 2.41. The summed E-state index contributed by atoms with van der Waals surface area (Å²) in [6, 6.07) is 3.91. The van der Waals surface area contributed by atoms with Crippen LogP contribution in [0, 0.1) is 0 Å². The van der Waals surface area contributed by atoms with E-state index in [1.54, 1.807) is 0 Å². The highest BCUT2D eigenvalue weighted by Gasteiger charge is 2.30. The highest BCUT2D eigenvalue weighted by molar-refractivity contribution is 5.88. The number of benzene rings is 1. The molecular weight excluding hydrogens is 279 g/mol. The lowest BCUT2D eigenvalue weighted by Crippen LogP contribution is -2.43. The van der Waals surface area contributed by atoms with E-state index in [0.717, 1.165) is 16.8 Å². The maximum absolute atomic E-state index is 12.5. The van der Waals surface area contributed by atoms with Crippen molar-refractivity contribution in [2.24, 2.45) is 12.0 Å². The largest absolute Gasteiger partial charge is 0.854 e. The third kappa shape index (κ3) is 2.71. The number of nitrogens with one attached hydrogen (secondary N) is 1. The van der Waals surface area contributed by atoms with Crippen molar-refractivity contribution in [3.63, 3.8) is 0 Å². The van der Waals surface area contributed by atoms with E-state index in [4.69, 9.17) is 0 Å². The van der Waals surface area contributed by atoms with Gasteiger partial charge < -0.3 is 5.11 Å². The van der Waals surface area contributed by atoms with Crippen LogP contribution in [0.25, 0.3) is 0 Å². The van der Waals surface area contributed by atoms with Crippen molar-refractivity contribution in [2.75, 3.05) is 0 Å². The van der Waals surface area contributed by atoms with Gasteiger partial charge in [-0.3, -0.25) is 9.52 Å². The van der Waals surface area contributed by atoms with Gasteiger partial charge >= 0.3 is 17.5 Å². The minimum atomic E-state index is -4.54. The number of alkyl halides is 3. The fourth-order valence-electron chi connectivity index (χ4n) is 1.49. The van der Waals surface area contributed by atoms with E-state index >= 15 is 0 Å². The number of halogens is 3. The quantitative estimate of drug-likeness (QED) is 0.488. The third-order valence-corrected chi connectivity index (χ3v) is 2.41. The minimum Gasteiger partial charge on any atom is -0.854 e. The van der Waals surface area contributed by atoms with E-state index in [1.807, 2.05) is 0 Å². The number of aryl methyl sites for hydroxylation is 1. The lowest BCUT2D eigenvalue weighted by Gasteiger charge is -2.08. The number of H-pyrrole nitrogens is 1. The van der Waals surface area contributed by atoms with Crippen molar-refractivity contribution in [1.29, 1.82) is 0 Å². The smallest absolute Gasteiger partial charge is 0.435 e. The highest BCUT2D eigenvalue weighted by atomic mass is 19.4. The molecule has 2 aromatic rings. The van der Waals surface area contributed by atoms with Gasteiger partial charge in [-0.2, -0.15) is 13.2 Å². The van der Waals surface area contributed by atoms with Crippen LogP contribution in [0.3, 0.4) is 0 Å². The number of rotatable bonds is 2. The Labute approximate surface area is 109 Å². The minimum absolute atomic E-state index is 0.203. The summed E-state index contributed by atoms with van der Waals surface area (Å²) >= 11 is 0. The fraction of sp³-hybridized carbons (Fsp3) is 0.182. The van der Waals surface area contributed by atoms with Crippen molar-refractivity contribution in [1.82, 2.24) is 5.27 Å². The molecule has 0 aliphatic carbocycles. The zero-order valence-corrected chi connectivity index (χ0v) is 10.1. The first-order chi connectivity index (χ1) is 9.29. The van der Waals surface area contributed by atoms with Crippen LogP contribution < -0.4 is 15.4 Å². The van der Waals surface area contributed by atoms with Gasteiger partial charge in [0, 0.05) is 0 Å². The topological polar surface area (TPSA) is 85.3 Å². The van der Waals surface area contributed by atoms with Gasteiger partial charge in [0.2, 0.25) is 0 Å². The Hall–Kier alpha value is -2.58. The van der Waals surface area contributed by atoms with Crippen molar-refractivity contribution in [3.8, 4) is 0 Å². The zero-order valence-electron chi connectivity index (χ0n) is 10.1. The Kier molecular flexibility index (Phi) is 3.35. The first-order valence-electron chi connectivity index (χ1n) is 5.30. The molecule has 9 heteroatoms. The van der Waals surface area contributed by atoms with Gasteiger partial charge in [-0.15, -0.1) is 0 Å². The second-order valence-electron chi connectivity index (χ2n) is 3.85. The van der Waals surface area contributed by atoms with Crippen LogP contribution in [-0.2, 0) is 13.2 Å². The van der Waals surface area contributed by atoms with Crippen LogP contribution in [0.5, 0.6) is 0 Å². The molecule has 0 aliphatic rings. The summed E-state index contributed by atoms with van der Waals surface area (Å²) in [5, 5.41) is 13.8. The van der Waals surface area contributed by atoms with Gasteiger partial charge in [-0.05, 0) is 23.5 Å². The Morgan fingerprint density at radius 1 is 1.45 bits per heavy atom. The molecule has 0 bridgehead atoms. The molecule has 6 nitrogen and oxygen atoms in total. The van der Waals surface area contributed by atoms with Crippen LogP contribution in [0.1, 0.15) is 11.3 Å². The molecular formula is C11H8F3N3O3. The average Bonchev–Trinajstić information content (AvgIpc) is 2.68.